The van der Waals surface area contributed by atoms with Crippen LogP contribution in [0.1, 0.15) is 64.2 Å². The molecule has 220 valence electrons. The average molecular weight is 585 g/mol. The van der Waals surface area contributed by atoms with Crippen LogP contribution < -0.4 is 18.3 Å². The number of methoxy groups -OCH3 is 2. The van der Waals surface area contributed by atoms with Crippen LogP contribution in [0.15, 0.2) is 30.3 Å². The Morgan fingerprint density at radius 3 is 1.88 bits per heavy atom. The van der Waals surface area contributed by atoms with Crippen molar-refractivity contribution < 1.29 is 27.9 Å². The van der Waals surface area contributed by atoms with Crippen LogP contribution in [-0.2, 0) is 16.0 Å². The van der Waals surface area contributed by atoms with E-state index in [-0.39, 0.29) is 33.8 Å². The molecule has 0 N–H and O–H groups in total. The number of cyclic esters (lactones) is 1. The zero-order valence-corrected chi connectivity index (χ0v) is 28.5. The molecule has 1 aliphatic heterocycles. The molecule has 0 aromatic heterocycles. The van der Waals surface area contributed by atoms with Crippen molar-refractivity contribution in [3.63, 3.8) is 0 Å². The van der Waals surface area contributed by atoms with Crippen molar-refractivity contribution in [1.82, 2.24) is 0 Å². The zero-order valence-electron chi connectivity index (χ0n) is 26.5. The molecule has 0 spiro atoms. The van der Waals surface area contributed by atoms with Crippen molar-refractivity contribution in [2.45, 2.75) is 90.1 Å². The van der Waals surface area contributed by atoms with E-state index < -0.39 is 16.6 Å². The topological polar surface area (TPSA) is 63.2 Å². The lowest BCUT2D eigenvalue weighted by molar-refractivity contribution is -0.141. The molecule has 3 atom stereocenters. The van der Waals surface area contributed by atoms with E-state index in [4.69, 9.17) is 23.1 Å². The van der Waals surface area contributed by atoms with Gasteiger partial charge in [0.1, 0.15) is 11.5 Å². The van der Waals surface area contributed by atoms with E-state index in [1.807, 2.05) is 6.07 Å². The molecule has 1 aliphatic carbocycles. The van der Waals surface area contributed by atoms with Gasteiger partial charge in [-0.25, -0.2) is 0 Å². The summed E-state index contributed by atoms with van der Waals surface area (Å²) in [6, 6.07) is 10.5. The van der Waals surface area contributed by atoms with Gasteiger partial charge in [-0.1, -0.05) is 47.6 Å². The Hall–Kier alpha value is -2.46. The highest BCUT2D eigenvalue weighted by Gasteiger charge is 2.48. The molecule has 8 heteroatoms. The number of carbonyl (C=O) groups excluding carboxylic acids is 1. The molecule has 2 aromatic rings. The first-order chi connectivity index (χ1) is 18.4. The fourth-order valence-electron chi connectivity index (χ4n) is 5.18. The molecule has 0 unspecified atom stereocenters. The normalized spacial score (nSPS) is 21.3. The predicted molar refractivity (Wildman–Crippen MR) is 165 cm³/mol. The van der Waals surface area contributed by atoms with Crippen molar-refractivity contribution in [1.29, 1.82) is 0 Å². The highest BCUT2D eigenvalue weighted by Crippen LogP contribution is 2.51. The molecule has 4 rings (SSSR count). The van der Waals surface area contributed by atoms with E-state index in [1.165, 1.54) is 0 Å². The zero-order chi connectivity index (χ0) is 29.8. The van der Waals surface area contributed by atoms with Gasteiger partial charge < -0.3 is 23.1 Å². The smallest absolute Gasteiger partial charge is 0.309 e. The third-order valence-corrected chi connectivity index (χ3v) is 18.4. The SMILES string of the molecule is COc1cc([C@H]2c3cc(O[Si](C)(C)C(C)(C)C)c(OC)cc3C[C@H]3C(=O)OC[C@H]23)ccc1O[Si](C)(C)C(C)(C)C. The summed E-state index contributed by atoms with van der Waals surface area (Å²) in [5, 5.41) is 0.102. The summed E-state index contributed by atoms with van der Waals surface area (Å²) >= 11 is 0. The molecule has 40 heavy (non-hydrogen) atoms. The van der Waals surface area contributed by atoms with E-state index >= 15 is 0 Å². The van der Waals surface area contributed by atoms with Crippen LogP contribution in [-0.4, -0.2) is 43.4 Å². The number of fused-ring (bicyclic) bond motifs is 2. The summed E-state index contributed by atoms with van der Waals surface area (Å²) in [5.41, 5.74) is 3.34. The summed E-state index contributed by atoms with van der Waals surface area (Å²) in [6.45, 7) is 22.8. The second-order valence-electron chi connectivity index (χ2n) is 14.4. The Morgan fingerprint density at radius 1 is 0.775 bits per heavy atom. The quantitative estimate of drug-likeness (QED) is 0.243. The summed E-state index contributed by atoms with van der Waals surface area (Å²) in [5.74, 6) is 2.63. The molecule has 0 bridgehead atoms. The minimum Gasteiger partial charge on any atom is -0.541 e. The monoisotopic (exact) mass is 584 g/mol. The molecule has 2 aromatic carbocycles. The Labute approximate surface area is 243 Å². The fourth-order valence-corrected chi connectivity index (χ4v) is 7.22. The fraction of sp³-hybridized carbons (Fsp3) is 0.594. The van der Waals surface area contributed by atoms with E-state index in [9.17, 15) is 4.79 Å². The van der Waals surface area contributed by atoms with Gasteiger partial charge in [0.2, 0.25) is 0 Å². The summed E-state index contributed by atoms with van der Waals surface area (Å²) in [7, 11) is -0.828. The third kappa shape index (κ3) is 5.53. The van der Waals surface area contributed by atoms with Gasteiger partial charge in [0.15, 0.2) is 11.5 Å². The number of hydrogen-bond donors (Lipinski definition) is 0. The molecular weight excluding hydrogens is 537 g/mol. The maximum Gasteiger partial charge on any atom is 0.309 e. The van der Waals surface area contributed by atoms with Gasteiger partial charge in [-0.3, -0.25) is 4.79 Å². The number of carbonyl (C=O) groups is 1. The lowest BCUT2D eigenvalue weighted by Crippen LogP contribution is -2.44. The maximum atomic E-state index is 12.8. The minimum absolute atomic E-state index is 0.0333. The third-order valence-electron chi connectivity index (χ3n) is 9.76. The first kappa shape index (κ1) is 30.5. The molecule has 1 heterocycles. The first-order valence-electron chi connectivity index (χ1n) is 14.3. The largest absolute Gasteiger partial charge is 0.541 e. The van der Waals surface area contributed by atoms with Crippen LogP contribution >= 0.6 is 0 Å². The lowest BCUT2D eigenvalue weighted by Gasteiger charge is -2.39. The lowest BCUT2D eigenvalue weighted by atomic mass is 9.67. The Balaban J connectivity index is 1.83. The van der Waals surface area contributed by atoms with Crippen molar-refractivity contribution in [2.75, 3.05) is 20.8 Å². The number of esters is 1. The van der Waals surface area contributed by atoms with Crippen LogP contribution in [0.2, 0.25) is 36.3 Å². The van der Waals surface area contributed by atoms with Gasteiger partial charge >= 0.3 is 5.97 Å². The molecule has 0 radical (unpaired) electrons. The summed E-state index contributed by atoms with van der Waals surface area (Å²) in [4.78, 5) is 12.8. The number of rotatable bonds is 7. The second kappa shape index (κ2) is 10.4. The molecule has 0 amide bonds. The summed E-state index contributed by atoms with van der Waals surface area (Å²) < 4.78 is 30.8. The van der Waals surface area contributed by atoms with Gasteiger partial charge in [0.25, 0.3) is 16.6 Å². The van der Waals surface area contributed by atoms with Gasteiger partial charge in [0.05, 0.1) is 26.7 Å². The Kier molecular flexibility index (Phi) is 7.95. The van der Waals surface area contributed by atoms with Crippen LogP contribution in [0.4, 0.5) is 0 Å². The van der Waals surface area contributed by atoms with E-state index in [0.717, 1.165) is 28.2 Å². The number of benzene rings is 2. The number of hydrogen-bond acceptors (Lipinski definition) is 6. The van der Waals surface area contributed by atoms with Crippen LogP contribution in [0, 0.1) is 11.8 Å². The van der Waals surface area contributed by atoms with Crippen molar-refractivity contribution in [3.8, 4) is 23.0 Å². The maximum absolute atomic E-state index is 12.8. The average Bonchev–Trinajstić information content (AvgIpc) is 3.20. The standard InChI is InChI=1S/C32H48O6Si2/c1-31(2,3)39(9,10)37-25-14-13-20(16-26(25)34-7)29-22-18-28(38-40(11,12)32(4,5)6)27(35-8)17-21(22)15-23-24(29)19-36-30(23)33/h13-14,16-18,23-24,29H,15,19H2,1-12H3/t23-,24+,29+/m1/s1. The highest BCUT2D eigenvalue weighted by atomic mass is 28.4. The van der Waals surface area contributed by atoms with E-state index in [0.29, 0.717) is 24.5 Å². The van der Waals surface area contributed by atoms with E-state index in [1.54, 1.807) is 14.2 Å². The Morgan fingerprint density at radius 2 is 1.32 bits per heavy atom. The molecule has 0 saturated carbocycles. The van der Waals surface area contributed by atoms with Gasteiger partial charge in [0, 0.05) is 11.8 Å². The van der Waals surface area contributed by atoms with Crippen LogP contribution in [0.5, 0.6) is 23.0 Å². The van der Waals surface area contributed by atoms with Gasteiger partial charge in [-0.15, -0.1) is 0 Å². The summed E-state index contributed by atoms with van der Waals surface area (Å²) in [6.07, 6.45) is 0.635. The molecular formula is C32H48O6Si2. The van der Waals surface area contributed by atoms with Crippen LogP contribution in [0.3, 0.4) is 0 Å². The van der Waals surface area contributed by atoms with Crippen LogP contribution in [0.25, 0.3) is 0 Å². The second-order valence-corrected chi connectivity index (χ2v) is 23.9. The van der Waals surface area contributed by atoms with Gasteiger partial charge in [-0.05, 0) is 83.6 Å². The molecule has 2 aliphatic rings. The van der Waals surface area contributed by atoms with Crippen molar-refractivity contribution in [2.24, 2.45) is 11.8 Å². The Bertz CT molecular complexity index is 1270. The molecule has 6 nitrogen and oxygen atoms in total. The highest BCUT2D eigenvalue weighted by molar-refractivity contribution is 6.75. The minimum atomic E-state index is -2.13. The number of ether oxygens (including phenoxy) is 3. The predicted octanol–water partition coefficient (Wildman–Crippen LogP) is 7.95. The molecule has 1 saturated heterocycles. The van der Waals surface area contributed by atoms with Crippen molar-refractivity contribution >= 4 is 22.6 Å². The van der Waals surface area contributed by atoms with Gasteiger partial charge in [-0.2, -0.15) is 0 Å². The first-order valence-corrected chi connectivity index (χ1v) is 20.2. The van der Waals surface area contributed by atoms with Crippen molar-refractivity contribution in [3.05, 3.63) is 47.0 Å². The van der Waals surface area contributed by atoms with E-state index in [2.05, 4.69) is 92.0 Å². The molecule has 1 fully saturated rings.